The fraction of sp³-hybridized carbons (Fsp3) is 0.222. The third-order valence-electron chi connectivity index (χ3n) is 3.88. The summed E-state index contributed by atoms with van der Waals surface area (Å²) in [5.41, 5.74) is 3.80. The average Bonchev–Trinajstić information content (AvgIpc) is 2.39. The van der Waals surface area contributed by atoms with Crippen molar-refractivity contribution >= 4 is 0 Å². The molecular formula is C18H18O. The highest BCUT2D eigenvalue weighted by molar-refractivity contribution is 5.59. The van der Waals surface area contributed by atoms with E-state index in [0.717, 1.165) is 17.9 Å². The number of allylic oxidation sites excluding steroid dienone is 1. The first kappa shape index (κ1) is 12.0. The fourth-order valence-corrected chi connectivity index (χ4v) is 3.02. The van der Waals surface area contributed by atoms with Gasteiger partial charge in [0.2, 0.25) is 0 Å². The molecule has 0 saturated carbocycles. The van der Waals surface area contributed by atoms with Crippen LogP contribution in [0.5, 0.6) is 11.5 Å². The molecule has 0 unspecified atom stereocenters. The van der Waals surface area contributed by atoms with Crippen LogP contribution >= 0.6 is 0 Å². The predicted molar refractivity (Wildman–Crippen MR) is 79.0 cm³/mol. The first-order valence-electron chi connectivity index (χ1n) is 6.65. The number of hydrogen-bond donors (Lipinski definition) is 0. The van der Waals surface area contributed by atoms with Gasteiger partial charge >= 0.3 is 0 Å². The molecular weight excluding hydrogens is 232 g/mol. The predicted octanol–water partition coefficient (Wildman–Crippen LogP) is 4.85. The second-order valence-corrected chi connectivity index (χ2v) is 5.51. The largest absolute Gasteiger partial charge is 0.457 e. The molecule has 1 heterocycles. The molecule has 2 aromatic carbocycles. The molecule has 0 amide bonds. The quantitative estimate of drug-likeness (QED) is 0.692. The van der Waals surface area contributed by atoms with Crippen molar-refractivity contribution in [3.63, 3.8) is 0 Å². The van der Waals surface area contributed by atoms with E-state index in [-0.39, 0.29) is 5.41 Å². The molecule has 2 aromatic rings. The summed E-state index contributed by atoms with van der Waals surface area (Å²) < 4.78 is 6.07. The van der Waals surface area contributed by atoms with Crippen LogP contribution in [0.2, 0.25) is 0 Å². The molecule has 0 saturated heterocycles. The van der Waals surface area contributed by atoms with Gasteiger partial charge in [0.1, 0.15) is 11.5 Å². The van der Waals surface area contributed by atoms with Gasteiger partial charge in [0.05, 0.1) is 0 Å². The Bertz CT molecular complexity index is 638. The van der Waals surface area contributed by atoms with E-state index in [2.05, 4.69) is 50.8 Å². The van der Waals surface area contributed by atoms with Gasteiger partial charge in [-0.3, -0.25) is 0 Å². The molecule has 3 rings (SSSR count). The molecule has 1 nitrogen and oxygen atoms in total. The molecule has 1 aliphatic heterocycles. The fourth-order valence-electron chi connectivity index (χ4n) is 3.02. The highest BCUT2D eigenvalue weighted by atomic mass is 16.5. The zero-order valence-corrected chi connectivity index (χ0v) is 11.4. The lowest BCUT2D eigenvalue weighted by Gasteiger charge is -2.36. The molecule has 0 bridgehead atoms. The van der Waals surface area contributed by atoms with Crippen LogP contribution in [0, 0.1) is 0 Å². The third-order valence-corrected chi connectivity index (χ3v) is 3.88. The number of para-hydroxylation sites is 1. The molecule has 96 valence electrons. The van der Waals surface area contributed by atoms with Crippen molar-refractivity contribution in [2.24, 2.45) is 0 Å². The molecule has 0 N–H and O–H groups in total. The molecule has 1 aliphatic rings. The van der Waals surface area contributed by atoms with Crippen molar-refractivity contribution in [2.45, 2.75) is 25.7 Å². The Hall–Kier alpha value is -2.02. The SMILES string of the molecule is C=CCc1cccc2c1C(C)(C)c1ccccc1O2. The van der Waals surface area contributed by atoms with E-state index in [1.165, 1.54) is 16.7 Å². The summed E-state index contributed by atoms with van der Waals surface area (Å²) in [6.45, 7) is 8.38. The summed E-state index contributed by atoms with van der Waals surface area (Å²) in [7, 11) is 0. The normalized spacial score (nSPS) is 15.1. The Morgan fingerprint density at radius 1 is 1.05 bits per heavy atom. The maximum absolute atomic E-state index is 6.07. The van der Waals surface area contributed by atoms with E-state index in [1.807, 2.05) is 18.2 Å². The molecule has 19 heavy (non-hydrogen) atoms. The van der Waals surface area contributed by atoms with Crippen LogP contribution in [0.15, 0.2) is 55.1 Å². The van der Waals surface area contributed by atoms with Crippen molar-refractivity contribution in [3.05, 3.63) is 71.8 Å². The van der Waals surface area contributed by atoms with Crippen LogP contribution in [-0.4, -0.2) is 0 Å². The standard InChI is InChI=1S/C18H18O/c1-4-8-13-9-7-12-16-17(13)18(2,3)14-10-5-6-11-15(14)19-16/h4-7,9-12H,1,8H2,2-3H3. The van der Waals surface area contributed by atoms with Gasteiger partial charge in [-0.15, -0.1) is 6.58 Å². The van der Waals surface area contributed by atoms with Gasteiger partial charge in [-0.2, -0.15) is 0 Å². The lowest BCUT2D eigenvalue weighted by Crippen LogP contribution is -2.25. The lowest BCUT2D eigenvalue weighted by atomic mass is 9.73. The number of hydrogen-bond acceptors (Lipinski definition) is 1. The van der Waals surface area contributed by atoms with Crippen LogP contribution in [-0.2, 0) is 11.8 Å². The van der Waals surface area contributed by atoms with Gasteiger partial charge in [0, 0.05) is 16.5 Å². The van der Waals surface area contributed by atoms with E-state index in [1.54, 1.807) is 0 Å². The highest BCUT2D eigenvalue weighted by Gasteiger charge is 2.35. The second-order valence-electron chi connectivity index (χ2n) is 5.51. The van der Waals surface area contributed by atoms with Gasteiger partial charge < -0.3 is 4.74 Å². The Balaban J connectivity index is 2.25. The average molecular weight is 250 g/mol. The smallest absolute Gasteiger partial charge is 0.131 e. The van der Waals surface area contributed by atoms with E-state index >= 15 is 0 Å². The topological polar surface area (TPSA) is 9.23 Å². The molecule has 0 aromatic heterocycles. The van der Waals surface area contributed by atoms with Crippen molar-refractivity contribution in [2.75, 3.05) is 0 Å². The number of benzene rings is 2. The third kappa shape index (κ3) is 1.77. The molecule has 0 aliphatic carbocycles. The highest BCUT2D eigenvalue weighted by Crippen LogP contribution is 2.48. The van der Waals surface area contributed by atoms with Crippen LogP contribution < -0.4 is 4.74 Å². The van der Waals surface area contributed by atoms with Crippen LogP contribution in [0.3, 0.4) is 0 Å². The van der Waals surface area contributed by atoms with Gasteiger partial charge in [-0.1, -0.05) is 50.3 Å². The van der Waals surface area contributed by atoms with Crippen molar-refractivity contribution in [1.82, 2.24) is 0 Å². The summed E-state index contributed by atoms with van der Waals surface area (Å²) in [5, 5.41) is 0. The van der Waals surface area contributed by atoms with E-state index in [0.29, 0.717) is 0 Å². The lowest BCUT2D eigenvalue weighted by molar-refractivity contribution is 0.416. The minimum atomic E-state index is -0.0379. The van der Waals surface area contributed by atoms with Crippen molar-refractivity contribution in [3.8, 4) is 11.5 Å². The van der Waals surface area contributed by atoms with Crippen molar-refractivity contribution in [1.29, 1.82) is 0 Å². The van der Waals surface area contributed by atoms with Crippen LogP contribution in [0.4, 0.5) is 0 Å². The molecule has 0 fully saturated rings. The molecule has 0 atom stereocenters. The Morgan fingerprint density at radius 2 is 1.79 bits per heavy atom. The minimum absolute atomic E-state index is 0.0379. The summed E-state index contributed by atoms with van der Waals surface area (Å²) in [6.07, 6.45) is 2.82. The van der Waals surface area contributed by atoms with Crippen LogP contribution in [0.1, 0.15) is 30.5 Å². The summed E-state index contributed by atoms with van der Waals surface area (Å²) in [6, 6.07) is 14.6. The first-order chi connectivity index (χ1) is 9.14. The monoisotopic (exact) mass is 250 g/mol. The van der Waals surface area contributed by atoms with Gasteiger partial charge in [-0.05, 0) is 24.1 Å². The second kappa shape index (κ2) is 4.27. The minimum Gasteiger partial charge on any atom is -0.457 e. The summed E-state index contributed by atoms with van der Waals surface area (Å²) in [4.78, 5) is 0. The number of rotatable bonds is 2. The van der Waals surface area contributed by atoms with E-state index in [4.69, 9.17) is 4.74 Å². The van der Waals surface area contributed by atoms with E-state index in [9.17, 15) is 0 Å². The van der Waals surface area contributed by atoms with Crippen molar-refractivity contribution < 1.29 is 4.74 Å². The van der Waals surface area contributed by atoms with Gasteiger partial charge in [0.25, 0.3) is 0 Å². The zero-order valence-electron chi connectivity index (χ0n) is 11.4. The maximum Gasteiger partial charge on any atom is 0.131 e. The Labute approximate surface area is 114 Å². The summed E-state index contributed by atoms with van der Waals surface area (Å²) in [5.74, 6) is 1.94. The Morgan fingerprint density at radius 3 is 2.58 bits per heavy atom. The van der Waals surface area contributed by atoms with Gasteiger partial charge in [0.15, 0.2) is 0 Å². The van der Waals surface area contributed by atoms with Gasteiger partial charge in [-0.25, -0.2) is 0 Å². The number of fused-ring (bicyclic) bond motifs is 2. The zero-order chi connectivity index (χ0) is 13.5. The first-order valence-corrected chi connectivity index (χ1v) is 6.65. The summed E-state index contributed by atoms with van der Waals surface area (Å²) >= 11 is 0. The van der Waals surface area contributed by atoms with Crippen LogP contribution in [0.25, 0.3) is 0 Å². The van der Waals surface area contributed by atoms with E-state index < -0.39 is 0 Å². The maximum atomic E-state index is 6.07. The number of ether oxygens (including phenoxy) is 1. The Kier molecular flexibility index (Phi) is 2.70. The molecule has 0 spiro atoms. The molecule has 0 radical (unpaired) electrons. The molecule has 1 heteroatoms.